The zero-order chi connectivity index (χ0) is 20.2. The zero-order valence-corrected chi connectivity index (χ0v) is 15.4. The van der Waals surface area contributed by atoms with E-state index in [1.165, 1.54) is 36.4 Å². The third-order valence-corrected chi connectivity index (χ3v) is 3.78. The van der Waals surface area contributed by atoms with Crippen LogP contribution in [0.25, 0.3) is 0 Å². The monoisotopic (exact) mass is 433 g/mol. The molecule has 0 aliphatic heterocycles. The summed E-state index contributed by atoms with van der Waals surface area (Å²) in [5, 5.41) is 24.1. The van der Waals surface area contributed by atoms with E-state index in [1.54, 1.807) is 0 Å². The summed E-state index contributed by atoms with van der Waals surface area (Å²) in [5.41, 5.74) is -1.00. The lowest BCUT2D eigenvalue weighted by molar-refractivity contribution is -0.385. The van der Waals surface area contributed by atoms with E-state index in [0.29, 0.717) is 0 Å². The highest BCUT2D eigenvalue weighted by Gasteiger charge is 2.37. The van der Waals surface area contributed by atoms with E-state index in [0.717, 1.165) is 12.1 Å². The van der Waals surface area contributed by atoms with E-state index < -0.39 is 31.5 Å². The van der Waals surface area contributed by atoms with Crippen molar-refractivity contribution < 1.29 is 19.4 Å². The molecule has 0 aliphatic rings. The van der Waals surface area contributed by atoms with Gasteiger partial charge in [-0.15, -0.1) is 0 Å². The van der Waals surface area contributed by atoms with Gasteiger partial charge < -0.3 is 10.1 Å². The molecule has 142 valence electrons. The Morgan fingerprint density at radius 2 is 1.70 bits per heavy atom. The van der Waals surface area contributed by atoms with Crippen molar-refractivity contribution in [2.24, 2.45) is 0 Å². The number of nitrogens with one attached hydrogen (secondary N) is 1. The summed E-state index contributed by atoms with van der Waals surface area (Å²) in [5.74, 6) is -0.979. The van der Waals surface area contributed by atoms with Crippen molar-refractivity contribution in [2.75, 3.05) is 0 Å². The smallest absolute Gasteiger partial charge is 0.282 e. The van der Waals surface area contributed by atoms with Gasteiger partial charge in [0.25, 0.3) is 17.3 Å². The predicted molar refractivity (Wildman–Crippen MR) is 98.4 cm³/mol. The highest BCUT2D eigenvalue weighted by Crippen LogP contribution is 2.33. The Kier molecular flexibility index (Phi) is 6.42. The molecule has 12 heteroatoms. The second kappa shape index (κ2) is 8.38. The molecule has 2 rings (SSSR count). The van der Waals surface area contributed by atoms with Crippen LogP contribution in [0.2, 0.25) is 0 Å². The molecule has 1 unspecified atom stereocenters. The van der Waals surface area contributed by atoms with Gasteiger partial charge in [-0.05, 0) is 12.1 Å². The minimum atomic E-state index is -2.18. The van der Waals surface area contributed by atoms with Crippen molar-refractivity contribution in [3.8, 4) is 5.75 Å². The number of nitrogens with zero attached hydrogens (tertiary/aromatic N) is 2. The first-order chi connectivity index (χ1) is 12.6. The van der Waals surface area contributed by atoms with Crippen LogP contribution in [-0.4, -0.2) is 25.8 Å². The number of non-ortho nitro benzene ring substituents is 1. The Balaban J connectivity index is 2.28. The molecular weight excluding hydrogens is 425 g/mol. The minimum absolute atomic E-state index is 0.0524. The number of halogens is 3. The second-order valence-electron chi connectivity index (χ2n) is 5.04. The van der Waals surface area contributed by atoms with Gasteiger partial charge in [0.1, 0.15) is 11.3 Å². The van der Waals surface area contributed by atoms with Gasteiger partial charge in [0.05, 0.1) is 15.9 Å². The number of ether oxygens (including phenoxy) is 1. The minimum Gasteiger partial charge on any atom is -0.466 e. The van der Waals surface area contributed by atoms with Crippen LogP contribution in [0.15, 0.2) is 48.5 Å². The van der Waals surface area contributed by atoms with E-state index in [1.807, 2.05) is 0 Å². The van der Waals surface area contributed by atoms with Gasteiger partial charge >= 0.3 is 0 Å². The Bertz CT molecular complexity index is 887. The number of benzene rings is 2. The van der Waals surface area contributed by atoms with Crippen LogP contribution in [-0.2, 0) is 0 Å². The number of rotatable bonds is 6. The van der Waals surface area contributed by atoms with Crippen LogP contribution >= 0.6 is 34.8 Å². The van der Waals surface area contributed by atoms with Crippen molar-refractivity contribution in [3.05, 3.63) is 74.3 Å². The summed E-state index contributed by atoms with van der Waals surface area (Å²) < 4.78 is 3.18. The fraction of sp³-hybridized carbons (Fsp3) is 0.133. The van der Waals surface area contributed by atoms with E-state index in [-0.39, 0.29) is 17.0 Å². The Labute approximate surface area is 167 Å². The SMILES string of the molecule is O=C(NC(Oc1cccc([N+](=O)[O-])c1)C(Cl)(Cl)Cl)c1ccccc1[N+](=O)[O-]. The third-order valence-electron chi connectivity index (χ3n) is 3.19. The molecule has 0 saturated carbocycles. The molecule has 2 aromatic rings. The summed E-state index contributed by atoms with van der Waals surface area (Å²) in [6.07, 6.45) is -1.59. The van der Waals surface area contributed by atoms with Crippen molar-refractivity contribution in [2.45, 2.75) is 10.0 Å². The number of nitro groups is 2. The van der Waals surface area contributed by atoms with E-state index in [2.05, 4.69) is 5.32 Å². The summed E-state index contributed by atoms with van der Waals surface area (Å²) >= 11 is 17.4. The molecule has 0 aliphatic carbocycles. The molecule has 0 heterocycles. The maximum atomic E-state index is 12.4. The molecule has 1 N–H and O–H groups in total. The van der Waals surface area contributed by atoms with Crippen LogP contribution in [0, 0.1) is 20.2 Å². The maximum absolute atomic E-state index is 12.4. The van der Waals surface area contributed by atoms with Crippen LogP contribution in [0.5, 0.6) is 5.75 Å². The lowest BCUT2D eigenvalue weighted by atomic mass is 10.1. The van der Waals surface area contributed by atoms with Crippen LogP contribution in [0.3, 0.4) is 0 Å². The normalized spacial score (nSPS) is 12.1. The van der Waals surface area contributed by atoms with Gasteiger partial charge in [-0.2, -0.15) is 0 Å². The predicted octanol–water partition coefficient (Wildman–Crippen LogP) is 4.01. The van der Waals surface area contributed by atoms with Gasteiger partial charge in [-0.25, -0.2) is 0 Å². The largest absolute Gasteiger partial charge is 0.466 e. The number of alkyl halides is 3. The van der Waals surface area contributed by atoms with Gasteiger partial charge in [-0.3, -0.25) is 25.0 Å². The molecule has 0 aromatic heterocycles. The first kappa shape index (κ1) is 20.7. The summed E-state index contributed by atoms with van der Waals surface area (Å²) in [6, 6.07) is 10.2. The molecule has 1 amide bonds. The average molecular weight is 435 g/mol. The molecule has 9 nitrogen and oxygen atoms in total. The van der Waals surface area contributed by atoms with Crippen molar-refractivity contribution >= 4 is 52.1 Å². The Hall–Kier alpha value is -2.62. The molecule has 0 radical (unpaired) electrons. The van der Waals surface area contributed by atoms with Crippen molar-refractivity contribution in [1.29, 1.82) is 0 Å². The molecular formula is C15H10Cl3N3O6. The fourth-order valence-electron chi connectivity index (χ4n) is 2.01. The molecule has 27 heavy (non-hydrogen) atoms. The molecule has 0 bridgehead atoms. The number of para-hydroxylation sites is 1. The van der Waals surface area contributed by atoms with Gasteiger partial charge in [-0.1, -0.05) is 53.0 Å². The first-order valence-corrected chi connectivity index (χ1v) is 8.25. The van der Waals surface area contributed by atoms with Crippen LogP contribution in [0.1, 0.15) is 10.4 Å². The Morgan fingerprint density at radius 1 is 1.04 bits per heavy atom. The van der Waals surface area contributed by atoms with Gasteiger partial charge in [0.2, 0.25) is 10.0 Å². The van der Waals surface area contributed by atoms with Crippen LogP contribution < -0.4 is 10.1 Å². The quantitative estimate of drug-likeness (QED) is 0.317. The Morgan fingerprint density at radius 3 is 2.30 bits per heavy atom. The standard InChI is InChI=1S/C15H10Cl3N3O6/c16-15(17,18)14(27-10-5-3-4-9(8-10)20(23)24)19-13(22)11-6-1-2-7-12(11)21(25)26/h1-8,14H,(H,19,22). The number of nitro benzene ring substituents is 2. The lowest BCUT2D eigenvalue weighted by Gasteiger charge is -2.26. The lowest BCUT2D eigenvalue weighted by Crippen LogP contribution is -2.48. The number of amides is 1. The summed E-state index contributed by atoms with van der Waals surface area (Å²) in [7, 11) is 0. The average Bonchev–Trinajstić information content (AvgIpc) is 2.60. The zero-order valence-electron chi connectivity index (χ0n) is 13.2. The van der Waals surface area contributed by atoms with Gasteiger partial charge in [0, 0.05) is 12.1 Å². The van der Waals surface area contributed by atoms with Crippen molar-refractivity contribution in [1.82, 2.24) is 5.32 Å². The van der Waals surface area contributed by atoms with E-state index >= 15 is 0 Å². The van der Waals surface area contributed by atoms with Crippen LogP contribution in [0.4, 0.5) is 11.4 Å². The molecule has 0 spiro atoms. The van der Waals surface area contributed by atoms with E-state index in [9.17, 15) is 25.0 Å². The molecule has 0 fully saturated rings. The number of carbonyl (C=O) groups is 1. The second-order valence-corrected chi connectivity index (χ2v) is 7.41. The fourth-order valence-corrected chi connectivity index (χ4v) is 2.30. The third kappa shape index (κ3) is 5.43. The highest BCUT2D eigenvalue weighted by molar-refractivity contribution is 6.68. The highest BCUT2D eigenvalue weighted by atomic mass is 35.6. The molecule has 2 aromatic carbocycles. The maximum Gasteiger partial charge on any atom is 0.282 e. The molecule has 0 saturated heterocycles. The molecule has 1 atom stereocenters. The van der Waals surface area contributed by atoms with Gasteiger partial charge in [0.15, 0.2) is 0 Å². The number of carbonyl (C=O) groups excluding carboxylic acids is 1. The van der Waals surface area contributed by atoms with E-state index in [4.69, 9.17) is 39.5 Å². The summed E-state index contributed by atoms with van der Waals surface area (Å²) in [4.78, 5) is 32.9. The number of hydrogen-bond donors (Lipinski definition) is 1. The first-order valence-electron chi connectivity index (χ1n) is 7.11. The summed E-state index contributed by atoms with van der Waals surface area (Å²) in [6.45, 7) is 0. The topological polar surface area (TPSA) is 125 Å². The van der Waals surface area contributed by atoms with Crippen molar-refractivity contribution in [3.63, 3.8) is 0 Å². The number of hydrogen-bond acceptors (Lipinski definition) is 6.